The molecule has 0 heterocycles. The molecule has 29 heavy (non-hydrogen) atoms. The first kappa shape index (κ1) is 31.3. The monoisotopic (exact) mass is 439 g/mol. The van der Waals surface area contributed by atoms with Crippen LogP contribution in [-0.2, 0) is 14.9 Å². The minimum Gasteiger partial charge on any atom is -0.748 e. The quantitative estimate of drug-likeness (QED) is 0.134. The Morgan fingerprint density at radius 3 is 1.79 bits per heavy atom. The van der Waals surface area contributed by atoms with Crippen molar-refractivity contribution in [1.82, 2.24) is 4.90 Å². The number of hydrogen-bond acceptors (Lipinski definition) is 4. The van der Waals surface area contributed by atoms with E-state index in [2.05, 4.69) is 6.92 Å². The fourth-order valence-electron chi connectivity index (χ4n) is 3.15. The van der Waals surface area contributed by atoms with E-state index in [1.807, 2.05) is 6.08 Å². The molecule has 0 aromatic rings. The summed E-state index contributed by atoms with van der Waals surface area (Å²) in [4.78, 5) is 13.5. The third-order valence-electron chi connectivity index (χ3n) is 5.00. The Morgan fingerprint density at radius 1 is 0.828 bits per heavy atom. The normalized spacial score (nSPS) is 11.6. The summed E-state index contributed by atoms with van der Waals surface area (Å²) in [6.07, 6.45) is 21.2. The predicted octanol–water partition coefficient (Wildman–Crippen LogP) is 2.42. The molecule has 0 aliphatic rings. The van der Waals surface area contributed by atoms with E-state index in [1.165, 1.54) is 70.6 Å². The molecule has 1 amide bonds. The molecule has 0 radical (unpaired) electrons. The second kappa shape index (κ2) is 21.4. The van der Waals surface area contributed by atoms with E-state index in [0.29, 0.717) is 19.4 Å². The van der Waals surface area contributed by atoms with Gasteiger partial charge in [0.15, 0.2) is 0 Å². The maximum Gasteiger partial charge on any atom is 1.00 e. The van der Waals surface area contributed by atoms with Crippen molar-refractivity contribution in [1.29, 1.82) is 0 Å². The molecule has 0 aliphatic carbocycles. The van der Waals surface area contributed by atoms with Gasteiger partial charge in [-0.3, -0.25) is 4.79 Å². The summed E-state index contributed by atoms with van der Waals surface area (Å²) in [7, 11) is -2.45. The Hall–Kier alpha value is 0.120. The van der Waals surface area contributed by atoms with Crippen molar-refractivity contribution in [3.63, 3.8) is 0 Å². The Kier molecular flexibility index (Phi) is 23.1. The Morgan fingerprint density at radius 2 is 1.31 bits per heavy atom. The number of unbranched alkanes of at least 4 members (excludes halogenated alkanes) is 13. The molecule has 0 rings (SSSR count). The van der Waals surface area contributed by atoms with Crippen molar-refractivity contribution in [3.05, 3.63) is 12.2 Å². The Balaban J connectivity index is 0. The van der Waals surface area contributed by atoms with E-state index >= 15 is 0 Å². The van der Waals surface area contributed by atoms with Crippen LogP contribution in [0.4, 0.5) is 0 Å². The van der Waals surface area contributed by atoms with Gasteiger partial charge in [0.25, 0.3) is 0 Å². The van der Waals surface area contributed by atoms with Crippen molar-refractivity contribution in [2.45, 2.75) is 103 Å². The molecule has 0 N–H and O–H groups in total. The molecular weight excluding hydrogens is 397 g/mol. The van der Waals surface area contributed by atoms with E-state index < -0.39 is 10.1 Å². The van der Waals surface area contributed by atoms with Crippen LogP contribution in [0.3, 0.4) is 0 Å². The molecule has 0 aromatic carbocycles. The van der Waals surface area contributed by atoms with Crippen LogP contribution in [0.25, 0.3) is 0 Å². The number of allylic oxidation sites excluding steroid dienone is 1. The Bertz CT molecular complexity index is 509. The molecule has 0 fully saturated rings. The molecule has 0 saturated heterocycles. The van der Waals surface area contributed by atoms with Gasteiger partial charge in [0, 0.05) is 19.3 Å². The SMILES string of the molecule is CCCCCCCCCCCCCC/C=C/C(=O)N(C)CCCCS(=O)(=O)[O-].[Na+]. The second-order valence-electron chi connectivity index (χ2n) is 7.81. The molecule has 166 valence electrons. The number of rotatable bonds is 19. The fraction of sp³-hybridized carbons (Fsp3) is 0.864. The van der Waals surface area contributed by atoms with Crippen LogP contribution < -0.4 is 29.6 Å². The number of carbonyl (C=O) groups excluding carboxylic acids is 1. The molecule has 5 nitrogen and oxygen atoms in total. The zero-order chi connectivity index (χ0) is 21.1. The second-order valence-corrected chi connectivity index (χ2v) is 9.33. The van der Waals surface area contributed by atoms with Crippen LogP contribution in [0.2, 0.25) is 0 Å². The van der Waals surface area contributed by atoms with E-state index in [0.717, 1.165) is 12.8 Å². The van der Waals surface area contributed by atoms with Gasteiger partial charge in [-0.05, 0) is 31.8 Å². The molecule has 0 unspecified atom stereocenters. The molecule has 0 saturated carbocycles. The van der Waals surface area contributed by atoms with Gasteiger partial charge in [-0.15, -0.1) is 0 Å². The summed E-state index contributed by atoms with van der Waals surface area (Å²) in [5.41, 5.74) is 0. The number of amides is 1. The molecule has 0 spiro atoms. The van der Waals surface area contributed by atoms with Crippen LogP contribution >= 0.6 is 0 Å². The van der Waals surface area contributed by atoms with Crippen LogP contribution in [-0.4, -0.2) is 43.1 Å². The number of nitrogens with zero attached hydrogens (tertiary/aromatic N) is 1. The summed E-state index contributed by atoms with van der Waals surface area (Å²) in [6, 6.07) is 0. The first-order chi connectivity index (χ1) is 13.4. The van der Waals surface area contributed by atoms with E-state index in [1.54, 1.807) is 18.0 Å². The van der Waals surface area contributed by atoms with Gasteiger partial charge in [0.05, 0.1) is 10.1 Å². The fourth-order valence-corrected chi connectivity index (χ4v) is 3.71. The zero-order valence-electron chi connectivity index (χ0n) is 19.2. The number of likely N-dealkylation sites (N-methyl/N-ethyl adjacent to an activating group) is 1. The third-order valence-corrected chi connectivity index (χ3v) is 5.79. The maximum atomic E-state index is 11.9. The molecule has 0 aliphatic heterocycles. The number of carbonyl (C=O) groups is 1. The van der Waals surface area contributed by atoms with Gasteiger partial charge in [-0.2, -0.15) is 0 Å². The maximum absolute atomic E-state index is 11.9. The van der Waals surface area contributed by atoms with Gasteiger partial charge < -0.3 is 9.45 Å². The minimum absolute atomic E-state index is 0. The summed E-state index contributed by atoms with van der Waals surface area (Å²) >= 11 is 0. The van der Waals surface area contributed by atoms with Gasteiger partial charge in [-0.1, -0.05) is 83.6 Å². The summed E-state index contributed by atoms with van der Waals surface area (Å²) in [6.45, 7) is 2.72. The average molecular weight is 440 g/mol. The minimum atomic E-state index is -4.15. The largest absolute Gasteiger partial charge is 1.00 e. The standard InChI is InChI=1S/C22H43NO4S.Na/c1-3-4-5-6-7-8-9-10-11-12-13-14-15-16-19-22(24)23(2)20-17-18-21-28(25,26)27;/h16,19H,3-15,17-18,20-21H2,1-2H3,(H,25,26,27);/q;+1/p-1/b19-16+;. The van der Waals surface area contributed by atoms with Gasteiger partial charge >= 0.3 is 29.6 Å². The molecule has 0 aromatic heterocycles. The van der Waals surface area contributed by atoms with Crippen molar-refractivity contribution in [2.75, 3.05) is 19.3 Å². The van der Waals surface area contributed by atoms with Gasteiger partial charge in [0.1, 0.15) is 0 Å². The van der Waals surface area contributed by atoms with Crippen molar-refractivity contribution < 1.29 is 47.3 Å². The summed E-state index contributed by atoms with van der Waals surface area (Å²) in [5, 5.41) is 0. The van der Waals surface area contributed by atoms with Crippen LogP contribution in [0.15, 0.2) is 12.2 Å². The van der Waals surface area contributed by atoms with Gasteiger partial charge in [-0.25, -0.2) is 8.42 Å². The summed E-state index contributed by atoms with van der Waals surface area (Å²) < 4.78 is 31.6. The van der Waals surface area contributed by atoms with Crippen molar-refractivity contribution >= 4 is 16.0 Å². The molecule has 0 bridgehead atoms. The first-order valence-electron chi connectivity index (χ1n) is 11.2. The molecule has 0 atom stereocenters. The van der Waals surface area contributed by atoms with E-state index in [-0.39, 0.29) is 41.2 Å². The molecular formula is C22H42NNaO4S. The van der Waals surface area contributed by atoms with Crippen molar-refractivity contribution in [2.24, 2.45) is 0 Å². The summed E-state index contributed by atoms with van der Waals surface area (Å²) in [5.74, 6) is -0.423. The van der Waals surface area contributed by atoms with Gasteiger partial charge in [0.2, 0.25) is 5.91 Å². The third kappa shape index (κ3) is 24.3. The first-order valence-corrected chi connectivity index (χ1v) is 12.8. The number of hydrogen-bond donors (Lipinski definition) is 0. The topological polar surface area (TPSA) is 77.5 Å². The van der Waals surface area contributed by atoms with E-state index in [4.69, 9.17) is 0 Å². The van der Waals surface area contributed by atoms with Crippen LogP contribution in [0, 0.1) is 0 Å². The predicted molar refractivity (Wildman–Crippen MR) is 116 cm³/mol. The smallest absolute Gasteiger partial charge is 0.748 e. The Labute approximate surface area is 202 Å². The van der Waals surface area contributed by atoms with Crippen molar-refractivity contribution in [3.8, 4) is 0 Å². The van der Waals surface area contributed by atoms with Crippen LogP contribution in [0.5, 0.6) is 0 Å². The van der Waals surface area contributed by atoms with E-state index in [9.17, 15) is 17.8 Å². The molecule has 7 heteroatoms. The zero-order valence-corrected chi connectivity index (χ0v) is 22.0. The average Bonchev–Trinajstić information content (AvgIpc) is 2.64. The van der Waals surface area contributed by atoms with Crippen LogP contribution in [0.1, 0.15) is 103 Å².